The Morgan fingerprint density at radius 1 is 1.24 bits per heavy atom. The third-order valence-electron chi connectivity index (χ3n) is 4.24. The summed E-state index contributed by atoms with van der Waals surface area (Å²) >= 11 is 7.20. The summed E-state index contributed by atoms with van der Waals surface area (Å²) in [4.78, 5) is 25.9. The quantitative estimate of drug-likeness (QED) is 0.617. The molecule has 0 saturated heterocycles. The van der Waals surface area contributed by atoms with Gasteiger partial charge >= 0.3 is 5.97 Å². The van der Waals surface area contributed by atoms with Gasteiger partial charge in [0, 0.05) is 21.0 Å². The van der Waals surface area contributed by atoms with Crippen molar-refractivity contribution in [3.8, 4) is 22.3 Å². The van der Waals surface area contributed by atoms with Crippen LogP contribution < -0.4 is 10.1 Å². The van der Waals surface area contributed by atoms with E-state index in [1.165, 1.54) is 23.5 Å². The molecule has 2 aromatic carbocycles. The molecular formula is C21H13ClN2O4S. The number of hydrogen-bond acceptors (Lipinski definition) is 6. The van der Waals surface area contributed by atoms with Crippen LogP contribution in [0.25, 0.3) is 10.4 Å². The molecule has 1 aromatic heterocycles. The standard InChI is InChI=1S/C21H13ClN2O4S/c22-14-6-5-12(9-23)16(8-14)24-19(25)11-28-21(26)18-7-13-10-27-17-4-2-1-3-15(17)20(13)29-18/h1-8H,10-11H2,(H,24,25). The number of halogens is 1. The number of esters is 1. The molecule has 0 bridgehead atoms. The molecule has 3 aromatic rings. The van der Waals surface area contributed by atoms with Gasteiger partial charge in [0.25, 0.3) is 5.91 Å². The smallest absolute Gasteiger partial charge is 0.348 e. The molecule has 8 heteroatoms. The van der Waals surface area contributed by atoms with Crippen LogP contribution in [0.2, 0.25) is 5.02 Å². The number of thiophene rings is 1. The maximum absolute atomic E-state index is 12.4. The summed E-state index contributed by atoms with van der Waals surface area (Å²) in [6, 6.07) is 15.8. The normalized spacial score (nSPS) is 11.4. The fourth-order valence-corrected chi connectivity index (χ4v) is 4.17. The van der Waals surface area contributed by atoms with E-state index in [0.717, 1.165) is 21.8 Å². The number of carbonyl (C=O) groups is 2. The summed E-state index contributed by atoms with van der Waals surface area (Å²) < 4.78 is 10.8. The van der Waals surface area contributed by atoms with Crippen LogP contribution in [0.15, 0.2) is 48.5 Å². The molecule has 0 atom stereocenters. The Bertz CT molecular complexity index is 1170. The monoisotopic (exact) mass is 424 g/mol. The Balaban J connectivity index is 1.43. The van der Waals surface area contributed by atoms with Crippen molar-refractivity contribution >= 4 is 40.5 Å². The first-order valence-electron chi connectivity index (χ1n) is 8.56. The molecule has 1 N–H and O–H groups in total. The van der Waals surface area contributed by atoms with Gasteiger partial charge in [-0.1, -0.05) is 23.7 Å². The second-order valence-electron chi connectivity index (χ2n) is 6.18. The second-order valence-corrected chi connectivity index (χ2v) is 7.66. The molecular weight excluding hydrogens is 412 g/mol. The zero-order valence-electron chi connectivity index (χ0n) is 14.9. The van der Waals surface area contributed by atoms with Crippen molar-refractivity contribution in [3.05, 3.63) is 69.6 Å². The van der Waals surface area contributed by atoms with Gasteiger partial charge in [-0.15, -0.1) is 11.3 Å². The molecule has 1 aliphatic rings. The number of anilines is 1. The lowest BCUT2D eigenvalue weighted by atomic mass is 10.1. The van der Waals surface area contributed by atoms with Crippen molar-refractivity contribution in [1.29, 1.82) is 5.26 Å². The number of nitrogens with one attached hydrogen (secondary N) is 1. The number of benzene rings is 2. The van der Waals surface area contributed by atoms with E-state index in [0.29, 0.717) is 16.5 Å². The molecule has 6 nitrogen and oxygen atoms in total. The molecule has 4 rings (SSSR count). The average Bonchev–Trinajstić information content (AvgIpc) is 3.17. The molecule has 0 radical (unpaired) electrons. The van der Waals surface area contributed by atoms with Gasteiger partial charge in [-0.2, -0.15) is 5.26 Å². The number of nitriles is 1. The van der Waals surface area contributed by atoms with Crippen molar-refractivity contribution in [2.45, 2.75) is 6.61 Å². The number of para-hydroxylation sites is 1. The summed E-state index contributed by atoms with van der Waals surface area (Å²) in [7, 11) is 0. The van der Waals surface area contributed by atoms with E-state index in [9.17, 15) is 9.59 Å². The summed E-state index contributed by atoms with van der Waals surface area (Å²) in [6.07, 6.45) is 0. The Hall–Kier alpha value is -3.34. The lowest BCUT2D eigenvalue weighted by molar-refractivity contribution is -0.119. The fraction of sp³-hybridized carbons (Fsp3) is 0.0952. The van der Waals surface area contributed by atoms with Gasteiger partial charge in [0.05, 0.1) is 11.3 Å². The minimum atomic E-state index is -0.594. The third-order valence-corrected chi connectivity index (χ3v) is 5.66. The largest absolute Gasteiger partial charge is 0.488 e. The molecule has 0 spiro atoms. The molecule has 0 saturated carbocycles. The summed E-state index contributed by atoms with van der Waals surface area (Å²) in [5.74, 6) is -0.383. The van der Waals surface area contributed by atoms with Gasteiger partial charge in [-0.3, -0.25) is 4.79 Å². The van der Waals surface area contributed by atoms with Crippen LogP contribution in [0.1, 0.15) is 20.8 Å². The van der Waals surface area contributed by atoms with E-state index in [-0.39, 0.29) is 11.3 Å². The SMILES string of the molecule is N#Cc1ccc(Cl)cc1NC(=O)COC(=O)c1cc2c(s1)-c1ccccc1OC2. The molecule has 0 unspecified atom stereocenters. The average molecular weight is 425 g/mol. The first-order valence-corrected chi connectivity index (χ1v) is 9.76. The van der Waals surface area contributed by atoms with Gasteiger partial charge < -0.3 is 14.8 Å². The predicted octanol–water partition coefficient (Wildman–Crippen LogP) is 4.63. The zero-order chi connectivity index (χ0) is 20.4. The van der Waals surface area contributed by atoms with Gasteiger partial charge in [0.1, 0.15) is 23.3 Å². The van der Waals surface area contributed by atoms with E-state index in [1.807, 2.05) is 30.3 Å². The Morgan fingerprint density at radius 2 is 2.07 bits per heavy atom. The zero-order valence-corrected chi connectivity index (χ0v) is 16.5. The van der Waals surface area contributed by atoms with E-state index in [1.54, 1.807) is 12.1 Å². The number of nitrogens with zero attached hydrogens (tertiary/aromatic N) is 1. The molecule has 144 valence electrons. The van der Waals surface area contributed by atoms with Crippen molar-refractivity contribution in [2.75, 3.05) is 11.9 Å². The molecule has 1 amide bonds. The summed E-state index contributed by atoms with van der Waals surface area (Å²) in [5.41, 5.74) is 2.36. The van der Waals surface area contributed by atoms with E-state index < -0.39 is 18.5 Å². The topological polar surface area (TPSA) is 88.4 Å². The van der Waals surface area contributed by atoms with Gasteiger partial charge in [0.2, 0.25) is 0 Å². The fourth-order valence-electron chi connectivity index (χ4n) is 2.91. The first-order chi connectivity index (χ1) is 14.0. The molecule has 2 heterocycles. The van der Waals surface area contributed by atoms with Crippen molar-refractivity contribution in [3.63, 3.8) is 0 Å². The van der Waals surface area contributed by atoms with Crippen molar-refractivity contribution in [2.24, 2.45) is 0 Å². The van der Waals surface area contributed by atoms with Crippen LogP contribution in [-0.4, -0.2) is 18.5 Å². The first kappa shape index (κ1) is 19.0. The highest BCUT2D eigenvalue weighted by Crippen LogP contribution is 2.42. The lowest BCUT2D eigenvalue weighted by Crippen LogP contribution is -2.21. The Kier molecular flexibility index (Phi) is 5.21. The Labute approximate surface area is 175 Å². The molecule has 0 aliphatic carbocycles. The van der Waals surface area contributed by atoms with Crippen LogP contribution in [0, 0.1) is 11.3 Å². The minimum Gasteiger partial charge on any atom is -0.488 e. The van der Waals surface area contributed by atoms with Crippen LogP contribution in [-0.2, 0) is 16.1 Å². The number of ether oxygens (including phenoxy) is 2. The van der Waals surface area contributed by atoms with Gasteiger partial charge in [-0.05, 0) is 36.4 Å². The highest BCUT2D eigenvalue weighted by molar-refractivity contribution is 7.17. The highest BCUT2D eigenvalue weighted by atomic mass is 35.5. The molecule has 0 fully saturated rings. The van der Waals surface area contributed by atoms with E-state index in [2.05, 4.69) is 5.32 Å². The van der Waals surface area contributed by atoms with Crippen molar-refractivity contribution in [1.82, 2.24) is 0 Å². The lowest BCUT2D eigenvalue weighted by Gasteiger charge is -2.16. The maximum atomic E-state index is 12.4. The number of carbonyl (C=O) groups excluding carboxylic acids is 2. The number of amides is 1. The van der Waals surface area contributed by atoms with Crippen molar-refractivity contribution < 1.29 is 19.1 Å². The van der Waals surface area contributed by atoms with Crippen LogP contribution in [0.5, 0.6) is 5.75 Å². The molecule has 29 heavy (non-hydrogen) atoms. The number of hydrogen-bond donors (Lipinski definition) is 1. The number of fused-ring (bicyclic) bond motifs is 3. The van der Waals surface area contributed by atoms with E-state index in [4.69, 9.17) is 26.3 Å². The van der Waals surface area contributed by atoms with E-state index >= 15 is 0 Å². The van der Waals surface area contributed by atoms with Gasteiger partial charge in [0.15, 0.2) is 6.61 Å². The second kappa shape index (κ2) is 7.95. The number of rotatable bonds is 4. The van der Waals surface area contributed by atoms with Crippen LogP contribution in [0.4, 0.5) is 5.69 Å². The summed E-state index contributed by atoms with van der Waals surface area (Å²) in [6.45, 7) is -0.103. The van der Waals surface area contributed by atoms with Gasteiger partial charge in [-0.25, -0.2) is 4.79 Å². The predicted molar refractivity (Wildman–Crippen MR) is 109 cm³/mol. The summed E-state index contributed by atoms with van der Waals surface area (Å²) in [5, 5.41) is 12.0. The van der Waals surface area contributed by atoms with Crippen LogP contribution >= 0.6 is 22.9 Å². The maximum Gasteiger partial charge on any atom is 0.348 e. The van der Waals surface area contributed by atoms with Crippen LogP contribution in [0.3, 0.4) is 0 Å². The molecule has 1 aliphatic heterocycles. The Morgan fingerprint density at radius 3 is 2.90 bits per heavy atom. The minimum absolute atomic E-state index is 0.263. The highest BCUT2D eigenvalue weighted by Gasteiger charge is 2.23. The third kappa shape index (κ3) is 3.94.